The molecule has 1 aromatic heterocycles. The van der Waals surface area contributed by atoms with Gasteiger partial charge in [-0.2, -0.15) is 0 Å². The topological polar surface area (TPSA) is 54.6 Å². The van der Waals surface area contributed by atoms with E-state index in [1.165, 1.54) is 29.0 Å². The van der Waals surface area contributed by atoms with Crippen molar-refractivity contribution in [2.45, 2.75) is 18.9 Å². The lowest BCUT2D eigenvalue weighted by molar-refractivity contribution is 0.474. The van der Waals surface area contributed by atoms with Crippen molar-refractivity contribution in [2.75, 3.05) is 0 Å². The van der Waals surface area contributed by atoms with Crippen molar-refractivity contribution in [3.05, 3.63) is 126 Å². The molecule has 0 unspecified atom stereocenters. The zero-order valence-electron chi connectivity index (χ0n) is 17.5. The van der Waals surface area contributed by atoms with Crippen molar-refractivity contribution in [1.82, 2.24) is 4.57 Å². The maximum Gasteiger partial charge on any atom is 0.271 e. The van der Waals surface area contributed by atoms with Gasteiger partial charge in [-0.1, -0.05) is 65.9 Å². The predicted octanol–water partition coefficient (Wildman–Crippen LogP) is 4.16. The Morgan fingerprint density at radius 1 is 1.00 bits per heavy atom. The molecule has 33 heavy (non-hydrogen) atoms. The van der Waals surface area contributed by atoms with Crippen molar-refractivity contribution in [1.29, 1.82) is 0 Å². The standard InChI is InChI=1S/C27H19FN2O2S/c28-19-12-9-17(10-13-19)25-21-14-11-16-5-1-3-7-20(16)24(21)29-27-30(25)26(32)23(33-27)15-18-6-2-4-8-22(18)31/h1-10,12-13,15,25,31H,11,14H2/b23-15-/t25-/m0/s1. The second kappa shape index (κ2) is 7.67. The second-order valence-electron chi connectivity index (χ2n) is 8.22. The first-order chi connectivity index (χ1) is 16.1. The van der Waals surface area contributed by atoms with E-state index in [4.69, 9.17) is 4.99 Å². The first-order valence-corrected chi connectivity index (χ1v) is 11.6. The van der Waals surface area contributed by atoms with Gasteiger partial charge in [0, 0.05) is 11.1 Å². The van der Waals surface area contributed by atoms with Crippen LogP contribution < -0.4 is 14.9 Å². The van der Waals surface area contributed by atoms with Gasteiger partial charge in [-0.05, 0) is 53.8 Å². The molecule has 0 bridgehead atoms. The van der Waals surface area contributed by atoms with Gasteiger partial charge in [-0.3, -0.25) is 9.36 Å². The average molecular weight is 455 g/mol. The summed E-state index contributed by atoms with van der Waals surface area (Å²) in [5.74, 6) is -0.194. The molecular formula is C27H19FN2O2S. The molecule has 4 aromatic rings. The fraction of sp³-hybridized carbons (Fsp3) is 0.111. The molecule has 1 aliphatic heterocycles. The highest BCUT2D eigenvalue weighted by atomic mass is 32.1. The van der Waals surface area contributed by atoms with Gasteiger partial charge in [0.1, 0.15) is 11.6 Å². The van der Waals surface area contributed by atoms with Gasteiger partial charge in [0.15, 0.2) is 4.80 Å². The Hall–Kier alpha value is -3.77. The molecule has 0 spiro atoms. The van der Waals surface area contributed by atoms with Crippen LogP contribution in [-0.2, 0) is 6.42 Å². The lowest BCUT2D eigenvalue weighted by atomic mass is 9.83. The molecule has 0 radical (unpaired) electrons. The summed E-state index contributed by atoms with van der Waals surface area (Å²) in [5.41, 5.74) is 5.57. The number of para-hydroxylation sites is 1. The first kappa shape index (κ1) is 19.9. The van der Waals surface area contributed by atoms with E-state index in [0.29, 0.717) is 14.9 Å². The molecule has 0 fully saturated rings. The number of rotatable bonds is 2. The van der Waals surface area contributed by atoms with Crippen LogP contribution in [0.2, 0.25) is 0 Å². The summed E-state index contributed by atoms with van der Waals surface area (Å²) < 4.78 is 15.9. The molecule has 2 aliphatic rings. The zero-order valence-corrected chi connectivity index (χ0v) is 18.3. The predicted molar refractivity (Wildman–Crippen MR) is 127 cm³/mol. The maximum atomic E-state index is 13.7. The number of phenols is 1. The smallest absolute Gasteiger partial charge is 0.271 e. The van der Waals surface area contributed by atoms with E-state index < -0.39 is 0 Å². The van der Waals surface area contributed by atoms with Gasteiger partial charge in [-0.15, -0.1) is 0 Å². The van der Waals surface area contributed by atoms with Gasteiger partial charge in [0.25, 0.3) is 5.56 Å². The number of aromatic hydroxyl groups is 1. The lowest BCUT2D eigenvalue weighted by Crippen LogP contribution is -2.38. The SMILES string of the molecule is O=c1/c(=C/c2ccccc2O)sc2n1[C@@H](c1ccc(F)cc1)C1=C(N=2)c2ccccc2CC1. The minimum absolute atomic E-state index is 0.117. The molecule has 2 heterocycles. The van der Waals surface area contributed by atoms with E-state index in [2.05, 4.69) is 12.1 Å². The molecule has 162 valence electrons. The van der Waals surface area contributed by atoms with Gasteiger partial charge >= 0.3 is 0 Å². The van der Waals surface area contributed by atoms with Gasteiger partial charge in [-0.25, -0.2) is 9.38 Å². The Balaban J connectivity index is 1.64. The number of aryl methyl sites for hydroxylation is 1. The molecule has 0 saturated carbocycles. The third kappa shape index (κ3) is 3.26. The molecule has 0 amide bonds. The number of benzene rings is 3. The Morgan fingerprint density at radius 2 is 1.76 bits per heavy atom. The third-order valence-corrected chi connectivity index (χ3v) is 7.26. The normalized spacial score (nSPS) is 17.2. The van der Waals surface area contributed by atoms with E-state index in [1.807, 2.05) is 18.2 Å². The summed E-state index contributed by atoms with van der Waals surface area (Å²) in [4.78, 5) is 19.2. The molecule has 1 N–H and O–H groups in total. The molecule has 0 saturated heterocycles. The molecule has 3 aromatic carbocycles. The maximum absolute atomic E-state index is 13.7. The summed E-state index contributed by atoms with van der Waals surface area (Å²) >= 11 is 1.31. The van der Waals surface area contributed by atoms with Crippen LogP contribution in [0.4, 0.5) is 4.39 Å². The zero-order chi connectivity index (χ0) is 22.5. The lowest BCUT2D eigenvalue weighted by Gasteiger charge is -2.30. The summed E-state index contributed by atoms with van der Waals surface area (Å²) in [6.45, 7) is 0. The van der Waals surface area contributed by atoms with E-state index in [9.17, 15) is 14.3 Å². The highest BCUT2D eigenvalue weighted by molar-refractivity contribution is 7.07. The van der Waals surface area contributed by atoms with Crippen LogP contribution in [0.5, 0.6) is 5.75 Å². The first-order valence-electron chi connectivity index (χ1n) is 10.8. The van der Waals surface area contributed by atoms with E-state index in [0.717, 1.165) is 35.2 Å². The van der Waals surface area contributed by atoms with Crippen LogP contribution in [0.3, 0.4) is 0 Å². The van der Waals surface area contributed by atoms with Crippen molar-refractivity contribution in [3.8, 4) is 5.75 Å². The highest BCUT2D eigenvalue weighted by Crippen LogP contribution is 2.41. The number of hydrogen-bond acceptors (Lipinski definition) is 4. The molecule has 1 atom stereocenters. The summed E-state index contributed by atoms with van der Waals surface area (Å²) in [5, 5.41) is 10.2. The Kier molecular flexibility index (Phi) is 4.62. The van der Waals surface area contributed by atoms with Crippen LogP contribution in [0, 0.1) is 5.82 Å². The Labute approximate surface area is 192 Å². The fourth-order valence-electron chi connectivity index (χ4n) is 4.72. The van der Waals surface area contributed by atoms with Crippen molar-refractivity contribution < 1.29 is 9.50 Å². The minimum atomic E-state index is -0.350. The molecule has 6 rings (SSSR count). The third-order valence-electron chi connectivity index (χ3n) is 6.28. The van der Waals surface area contributed by atoms with E-state index >= 15 is 0 Å². The van der Waals surface area contributed by atoms with E-state index in [1.54, 1.807) is 41.0 Å². The van der Waals surface area contributed by atoms with Crippen LogP contribution >= 0.6 is 11.3 Å². The minimum Gasteiger partial charge on any atom is -0.507 e. The Morgan fingerprint density at radius 3 is 2.58 bits per heavy atom. The van der Waals surface area contributed by atoms with Crippen molar-refractivity contribution in [2.24, 2.45) is 4.99 Å². The van der Waals surface area contributed by atoms with Gasteiger partial charge in [0.05, 0.1) is 16.3 Å². The number of halogens is 1. The van der Waals surface area contributed by atoms with Crippen LogP contribution in [0.15, 0.2) is 88.2 Å². The largest absolute Gasteiger partial charge is 0.507 e. The number of hydrogen-bond donors (Lipinski definition) is 1. The molecule has 6 heteroatoms. The number of fused-ring (bicyclic) bond motifs is 3. The van der Waals surface area contributed by atoms with Crippen LogP contribution in [0.25, 0.3) is 11.8 Å². The number of phenolic OH excluding ortho intramolecular Hbond substituents is 1. The average Bonchev–Trinajstić information content (AvgIpc) is 3.14. The monoisotopic (exact) mass is 454 g/mol. The number of nitrogens with zero attached hydrogens (tertiary/aromatic N) is 2. The molecule has 4 nitrogen and oxygen atoms in total. The number of aromatic nitrogens is 1. The van der Waals surface area contributed by atoms with Crippen LogP contribution in [0.1, 0.15) is 34.7 Å². The summed E-state index contributed by atoms with van der Waals surface area (Å²) in [6, 6.07) is 21.2. The number of allylic oxidation sites excluding steroid dienone is 1. The van der Waals surface area contributed by atoms with Gasteiger partial charge in [0.2, 0.25) is 0 Å². The quantitative estimate of drug-likeness (QED) is 0.495. The summed E-state index contributed by atoms with van der Waals surface area (Å²) in [6.07, 6.45) is 3.35. The molecule has 1 aliphatic carbocycles. The van der Waals surface area contributed by atoms with Gasteiger partial charge < -0.3 is 5.11 Å². The molecular weight excluding hydrogens is 435 g/mol. The van der Waals surface area contributed by atoms with E-state index in [-0.39, 0.29) is 23.2 Å². The van der Waals surface area contributed by atoms with Crippen molar-refractivity contribution in [3.63, 3.8) is 0 Å². The number of thiazole rings is 1. The second-order valence-corrected chi connectivity index (χ2v) is 9.23. The highest BCUT2D eigenvalue weighted by Gasteiger charge is 2.32. The van der Waals surface area contributed by atoms with Crippen LogP contribution in [-0.4, -0.2) is 9.67 Å². The summed E-state index contributed by atoms with van der Waals surface area (Å²) in [7, 11) is 0. The fourth-order valence-corrected chi connectivity index (χ4v) is 5.71. The van der Waals surface area contributed by atoms with Crippen molar-refractivity contribution >= 4 is 23.1 Å². The Bertz CT molecular complexity index is 1610.